The molecule has 0 saturated carbocycles. The molecule has 5 nitrogen and oxygen atoms in total. The van der Waals surface area contributed by atoms with E-state index in [2.05, 4.69) is 51.6 Å². The average Bonchev–Trinajstić information content (AvgIpc) is 2.96. The van der Waals surface area contributed by atoms with E-state index in [1.54, 1.807) is 0 Å². The van der Waals surface area contributed by atoms with Crippen LogP contribution in [0.2, 0.25) is 0 Å². The largest absolute Gasteiger partial charge is 0.374 e. The first-order chi connectivity index (χ1) is 18.9. The van der Waals surface area contributed by atoms with E-state index < -0.39 is 11.9 Å². The Balaban J connectivity index is 1.39. The fourth-order valence-corrected chi connectivity index (χ4v) is 5.33. The van der Waals surface area contributed by atoms with E-state index in [1.165, 1.54) is 0 Å². The zero-order valence-electron chi connectivity index (χ0n) is 23.2. The molecule has 6 atom stereocenters. The molecule has 2 saturated heterocycles. The normalized spacial score (nSPS) is 28.7. The summed E-state index contributed by atoms with van der Waals surface area (Å²) < 4.78 is 32.9. The van der Waals surface area contributed by atoms with Crippen LogP contribution >= 0.6 is 0 Å². The first-order valence-corrected chi connectivity index (χ1v) is 13.9. The number of hydrogen-bond donors (Lipinski definition) is 0. The SMILES string of the molecule is C=C(C(C)C)[C@H]1O[C@@H](c2ccccc2)O[C@H]2C[C@@H](OCc3ccccc3)[C@](C)(COCc3ccccc3)O[C@@H]21. The molecule has 3 aromatic rings. The Bertz CT molecular complexity index is 1180. The van der Waals surface area contributed by atoms with Crippen LogP contribution < -0.4 is 0 Å². The topological polar surface area (TPSA) is 46.2 Å². The molecule has 0 aromatic heterocycles. The predicted molar refractivity (Wildman–Crippen MR) is 152 cm³/mol. The number of ether oxygens (including phenoxy) is 5. The fraction of sp³-hybridized carbons (Fsp3) is 0.412. The van der Waals surface area contributed by atoms with Gasteiger partial charge in [-0.2, -0.15) is 0 Å². The van der Waals surface area contributed by atoms with E-state index in [-0.39, 0.29) is 30.3 Å². The van der Waals surface area contributed by atoms with Crippen LogP contribution in [-0.2, 0) is 36.9 Å². The number of benzene rings is 3. The van der Waals surface area contributed by atoms with Crippen LogP contribution in [-0.4, -0.2) is 36.6 Å². The minimum Gasteiger partial charge on any atom is -0.374 e. The van der Waals surface area contributed by atoms with Gasteiger partial charge in [-0.05, 0) is 29.5 Å². The molecular formula is C34H40O5. The van der Waals surface area contributed by atoms with Gasteiger partial charge in [-0.1, -0.05) is 111 Å². The Labute approximate surface area is 232 Å². The second-order valence-corrected chi connectivity index (χ2v) is 11.1. The average molecular weight is 529 g/mol. The van der Waals surface area contributed by atoms with Gasteiger partial charge in [0.2, 0.25) is 0 Å². The summed E-state index contributed by atoms with van der Waals surface area (Å²) in [6, 6.07) is 30.5. The highest BCUT2D eigenvalue weighted by atomic mass is 16.7. The maximum atomic E-state index is 6.92. The molecule has 0 unspecified atom stereocenters. The van der Waals surface area contributed by atoms with Crippen molar-refractivity contribution in [2.75, 3.05) is 6.61 Å². The van der Waals surface area contributed by atoms with Crippen LogP contribution in [0.1, 0.15) is 50.2 Å². The van der Waals surface area contributed by atoms with Gasteiger partial charge in [0.15, 0.2) is 6.29 Å². The van der Waals surface area contributed by atoms with Crippen molar-refractivity contribution in [2.45, 2.75) is 76.7 Å². The molecule has 5 rings (SSSR count). The Hall–Kier alpha value is -2.80. The van der Waals surface area contributed by atoms with Crippen LogP contribution in [0.15, 0.2) is 103 Å². The molecule has 0 radical (unpaired) electrons. The summed E-state index contributed by atoms with van der Waals surface area (Å²) in [6.45, 7) is 12.2. The minimum absolute atomic E-state index is 0.215. The molecule has 5 heteroatoms. The Morgan fingerprint density at radius 1 is 0.872 bits per heavy atom. The van der Waals surface area contributed by atoms with Crippen molar-refractivity contribution >= 4 is 0 Å². The van der Waals surface area contributed by atoms with Gasteiger partial charge in [-0.15, -0.1) is 0 Å². The molecule has 2 heterocycles. The van der Waals surface area contributed by atoms with Gasteiger partial charge in [-0.25, -0.2) is 0 Å². The molecule has 206 valence electrons. The van der Waals surface area contributed by atoms with E-state index in [4.69, 9.17) is 23.7 Å². The van der Waals surface area contributed by atoms with Gasteiger partial charge in [0, 0.05) is 12.0 Å². The lowest BCUT2D eigenvalue weighted by molar-refractivity contribution is -0.347. The highest BCUT2D eigenvalue weighted by molar-refractivity contribution is 5.20. The molecule has 2 aliphatic rings. The molecule has 2 fully saturated rings. The first kappa shape index (κ1) is 27.8. The molecule has 0 amide bonds. The summed E-state index contributed by atoms with van der Waals surface area (Å²) in [5, 5.41) is 0. The van der Waals surface area contributed by atoms with E-state index in [9.17, 15) is 0 Å². The van der Waals surface area contributed by atoms with E-state index in [0.29, 0.717) is 26.2 Å². The molecule has 0 N–H and O–H groups in total. The third-order valence-corrected chi connectivity index (χ3v) is 7.74. The Morgan fingerprint density at radius 3 is 2.08 bits per heavy atom. The van der Waals surface area contributed by atoms with E-state index >= 15 is 0 Å². The van der Waals surface area contributed by atoms with Crippen molar-refractivity contribution in [1.82, 2.24) is 0 Å². The number of fused-ring (bicyclic) bond motifs is 1. The first-order valence-electron chi connectivity index (χ1n) is 13.9. The van der Waals surface area contributed by atoms with Crippen LogP contribution in [0.4, 0.5) is 0 Å². The third kappa shape index (κ3) is 6.68. The fourth-order valence-electron chi connectivity index (χ4n) is 5.33. The lowest BCUT2D eigenvalue weighted by Crippen LogP contribution is -2.63. The van der Waals surface area contributed by atoms with Crippen molar-refractivity contribution < 1.29 is 23.7 Å². The third-order valence-electron chi connectivity index (χ3n) is 7.74. The lowest BCUT2D eigenvalue weighted by Gasteiger charge is -2.53. The predicted octanol–water partition coefficient (Wildman–Crippen LogP) is 7.03. The summed E-state index contributed by atoms with van der Waals surface area (Å²) >= 11 is 0. The van der Waals surface area contributed by atoms with Crippen molar-refractivity contribution in [3.63, 3.8) is 0 Å². The molecule has 0 aliphatic carbocycles. The highest BCUT2D eigenvalue weighted by Gasteiger charge is 2.54. The van der Waals surface area contributed by atoms with Crippen LogP contribution in [0.5, 0.6) is 0 Å². The molecule has 2 aliphatic heterocycles. The maximum absolute atomic E-state index is 6.92. The van der Waals surface area contributed by atoms with Crippen molar-refractivity contribution in [3.8, 4) is 0 Å². The molecule has 0 bridgehead atoms. The summed E-state index contributed by atoms with van der Waals surface area (Å²) in [5.41, 5.74) is 3.53. The van der Waals surface area contributed by atoms with Gasteiger partial charge in [0.25, 0.3) is 0 Å². The van der Waals surface area contributed by atoms with Crippen LogP contribution in [0.25, 0.3) is 0 Å². The van der Waals surface area contributed by atoms with Crippen LogP contribution in [0, 0.1) is 5.92 Å². The highest BCUT2D eigenvalue weighted by Crippen LogP contribution is 2.44. The lowest BCUT2D eigenvalue weighted by atomic mass is 9.83. The summed E-state index contributed by atoms with van der Waals surface area (Å²) in [6.07, 6.45) is -0.911. The zero-order valence-corrected chi connectivity index (χ0v) is 23.2. The van der Waals surface area contributed by atoms with Gasteiger partial charge >= 0.3 is 0 Å². The minimum atomic E-state index is -0.702. The van der Waals surface area contributed by atoms with Crippen molar-refractivity contribution in [2.24, 2.45) is 5.92 Å². The van der Waals surface area contributed by atoms with Gasteiger partial charge in [0.1, 0.15) is 17.8 Å². The maximum Gasteiger partial charge on any atom is 0.185 e. The van der Waals surface area contributed by atoms with E-state index in [1.807, 2.05) is 66.7 Å². The Kier molecular flexibility index (Phi) is 8.96. The number of rotatable bonds is 10. The molecule has 0 spiro atoms. The smallest absolute Gasteiger partial charge is 0.185 e. The van der Waals surface area contributed by atoms with Gasteiger partial charge < -0.3 is 23.7 Å². The van der Waals surface area contributed by atoms with Gasteiger partial charge in [0.05, 0.1) is 32.0 Å². The summed E-state index contributed by atoms with van der Waals surface area (Å²) in [7, 11) is 0. The molecule has 3 aromatic carbocycles. The van der Waals surface area contributed by atoms with E-state index in [0.717, 1.165) is 22.3 Å². The monoisotopic (exact) mass is 528 g/mol. The molecule has 39 heavy (non-hydrogen) atoms. The summed E-state index contributed by atoms with van der Waals surface area (Å²) in [5.74, 6) is 0.237. The standard InChI is InChI=1S/C34H40O5/c1-24(2)25(3)31-32-29(37-33(38-31)28-18-12-7-13-19-28)20-30(36-22-27-16-10-6-11-17-27)34(4,39-32)23-35-21-26-14-8-5-9-15-26/h5-19,24,29-33H,3,20-23H2,1-2,4H3/t29-,30+,31+,32-,33-,34-/m0/s1. The second-order valence-electron chi connectivity index (χ2n) is 11.1. The number of hydrogen-bond acceptors (Lipinski definition) is 5. The van der Waals surface area contributed by atoms with Crippen molar-refractivity contribution in [1.29, 1.82) is 0 Å². The van der Waals surface area contributed by atoms with Crippen LogP contribution in [0.3, 0.4) is 0 Å². The molecular weight excluding hydrogens is 488 g/mol. The Morgan fingerprint density at radius 2 is 1.46 bits per heavy atom. The van der Waals surface area contributed by atoms with Gasteiger partial charge in [-0.3, -0.25) is 0 Å². The van der Waals surface area contributed by atoms with Crippen molar-refractivity contribution in [3.05, 3.63) is 120 Å². The second kappa shape index (κ2) is 12.6. The quantitative estimate of drug-likeness (QED) is 0.264. The zero-order chi connectivity index (χ0) is 27.2. The summed E-state index contributed by atoms with van der Waals surface area (Å²) in [4.78, 5) is 0.